The highest BCUT2D eigenvalue weighted by molar-refractivity contribution is 5.83. The largest absolute Gasteiger partial charge is 0.480 e. The number of amides is 1. The Hall–Kier alpha value is -2.00. The molecule has 18 heavy (non-hydrogen) atoms. The zero-order valence-electron chi connectivity index (χ0n) is 9.78. The number of aliphatic carboxylic acids is 1. The number of nitrogens with two attached hydrogens (primary N) is 1. The zero-order chi connectivity index (χ0) is 13.7. The summed E-state index contributed by atoms with van der Waals surface area (Å²) in [6.45, 7) is 1.29. The second kappa shape index (κ2) is 6.07. The van der Waals surface area contributed by atoms with Crippen molar-refractivity contribution in [3.05, 3.63) is 11.9 Å². The van der Waals surface area contributed by atoms with Crippen LogP contribution >= 0.6 is 0 Å². The van der Waals surface area contributed by atoms with E-state index >= 15 is 0 Å². The van der Waals surface area contributed by atoms with Crippen molar-refractivity contribution in [2.45, 2.75) is 32.2 Å². The Morgan fingerprint density at radius 2 is 2.28 bits per heavy atom. The third-order valence-electron chi connectivity index (χ3n) is 2.17. The third-order valence-corrected chi connectivity index (χ3v) is 2.17. The molecular formula is C9H15N5O4. The molecule has 0 spiro atoms. The number of carboxylic acids is 1. The Balaban J connectivity index is 2.57. The first-order valence-corrected chi connectivity index (χ1v) is 5.23. The Morgan fingerprint density at radius 3 is 2.72 bits per heavy atom. The molecular weight excluding hydrogens is 242 g/mol. The molecule has 9 heteroatoms. The zero-order valence-corrected chi connectivity index (χ0v) is 9.78. The molecule has 0 aliphatic rings. The topological polar surface area (TPSA) is 143 Å². The minimum absolute atomic E-state index is 0.191. The minimum atomic E-state index is -1.35. The van der Waals surface area contributed by atoms with E-state index in [0.717, 1.165) is 0 Å². The number of nitrogens with one attached hydrogen (secondary N) is 1. The number of aliphatic hydroxyl groups is 1. The molecule has 5 N–H and O–H groups in total. The maximum atomic E-state index is 11.5. The van der Waals surface area contributed by atoms with Gasteiger partial charge >= 0.3 is 5.97 Å². The maximum absolute atomic E-state index is 11.5. The van der Waals surface area contributed by atoms with E-state index in [1.807, 2.05) is 0 Å². The number of hydrogen-bond donors (Lipinski definition) is 4. The van der Waals surface area contributed by atoms with Crippen LogP contribution in [-0.4, -0.2) is 49.2 Å². The van der Waals surface area contributed by atoms with E-state index < -0.39 is 24.0 Å². The SMILES string of the molecule is C[C@@H](O)[C@H](NC(=O)Cn1cc(CN)nn1)C(=O)O. The normalized spacial score (nSPS) is 13.9. The molecule has 1 rings (SSSR count). The standard InChI is InChI=1S/C9H15N5O4/c1-5(15)8(9(17)18)11-7(16)4-14-3-6(2-10)12-13-14/h3,5,8,15H,2,4,10H2,1H3,(H,11,16)(H,17,18)/t5-,8+/m1/s1. The molecule has 0 unspecified atom stereocenters. The Bertz CT molecular complexity index is 430. The summed E-state index contributed by atoms with van der Waals surface area (Å²) in [5.74, 6) is -1.89. The molecule has 0 saturated carbocycles. The lowest BCUT2D eigenvalue weighted by Crippen LogP contribution is -2.48. The van der Waals surface area contributed by atoms with Gasteiger partial charge < -0.3 is 21.3 Å². The molecule has 0 aliphatic heterocycles. The molecule has 0 aromatic carbocycles. The van der Waals surface area contributed by atoms with E-state index in [1.165, 1.54) is 17.8 Å². The van der Waals surface area contributed by atoms with Gasteiger partial charge in [-0.05, 0) is 6.92 Å². The summed E-state index contributed by atoms with van der Waals surface area (Å²) in [5, 5.41) is 27.5. The van der Waals surface area contributed by atoms with Gasteiger partial charge in [-0.25, -0.2) is 9.48 Å². The number of carbonyl (C=O) groups is 2. The fraction of sp³-hybridized carbons (Fsp3) is 0.556. The third kappa shape index (κ3) is 3.79. The molecule has 0 radical (unpaired) electrons. The van der Waals surface area contributed by atoms with Gasteiger partial charge in [-0.2, -0.15) is 0 Å². The van der Waals surface area contributed by atoms with E-state index in [9.17, 15) is 14.7 Å². The Kier molecular flexibility index (Phi) is 4.75. The summed E-state index contributed by atoms with van der Waals surface area (Å²) < 4.78 is 1.23. The first-order valence-electron chi connectivity index (χ1n) is 5.23. The van der Waals surface area contributed by atoms with Gasteiger partial charge in [0.05, 0.1) is 18.0 Å². The molecule has 1 aromatic rings. The van der Waals surface area contributed by atoms with Crippen LogP contribution in [0.1, 0.15) is 12.6 Å². The van der Waals surface area contributed by atoms with Gasteiger partial charge in [0.2, 0.25) is 5.91 Å². The molecule has 1 amide bonds. The molecule has 1 heterocycles. The van der Waals surface area contributed by atoms with Gasteiger partial charge in [0, 0.05) is 6.54 Å². The lowest BCUT2D eigenvalue weighted by Gasteiger charge is -2.16. The van der Waals surface area contributed by atoms with Crippen LogP contribution in [0.3, 0.4) is 0 Å². The van der Waals surface area contributed by atoms with Crippen molar-refractivity contribution >= 4 is 11.9 Å². The summed E-state index contributed by atoms with van der Waals surface area (Å²) in [6, 6.07) is -1.35. The van der Waals surface area contributed by atoms with Crippen LogP contribution in [-0.2, 0) is 22.7 Å². The fourth-order valence-electron chi connectivity index (χ4n) is 1.26. The number of aromatic nitrogens is 3. The second-order valence-corrected chi connectivity index (χ2v) is 3.74. The van der Waals surface area contributed by atoms with Crippen LogP contribution in [0, 0.1) is 0 Å². The molecule has 1 aromatic heterocycles. The van der Waals surface area contributed by atoms with Crippen LogP contribution in [0.4, 0.5) is 0 Å². The lowest BCUT2D eigenvalue weighted by molar-refractivity contribution is -0.144. The first kappa shape index (κ1) is 14.1. The van der Waals surface area contributed by atoms with Crippen LogP contribution in [0.15, 0.2) is 6.20 Å². The molecule has 2 atom stereocenters. The van der Waals surface area contributed by atoms with Gasteiger partial charge in [-0.3, -0.25) is 4.79 Å². The molecule has 9 nitrogen and oxygen atoms in total. The minimum Gasteiger partial charge on any atom is -0.480 e. The number of aliphatic hydroxyl groups excluding tert-OH is 1. The Labute approximate surface area is 103 Å². The van der Waals surface area contributed by atoms with Crippen molar-refractivity contribution in [2.24, 2.45) is 5.73 Å². The molecule has 100 valence electrons. The van der Waals surface area contributed by atoms with Crippen molar-refractivity contribution in [3.8, 4) is 0 Å². The van der Waals surface area contributed by atoms with Gasteiger partial charge in [0.15, 0.2) is 6.04 Å². The van der Waals surface area contributed by atoms with Gasteiger partial charge in [-0.15, -0.1) is 5.10 Å². The highest BCUT2D eigenvalue weighted by atomic mass is 16.4. The lowest BCUT2D eigenvalue weighted by atomic mass is 10.2. The number of hydrogen-bond acceptors (Lipinski definition) is 6. The number of carboxylic acid groups (broad SMARTS) is 1. The van der Waals surface area contributed by atoms with E-state index in [0.29, 0.717) is 5.69 Å². The van der Waals surface area contributed by atoms with Crippen molar-refractivity contribution in [2.75, 3.05) is 0 Å². The molecule has 0 aliphatic carbocycles. The summed E-state index contributed by atoms with van der Waals surface area (Å²) >= 11 is 0. The molecule has 0 bridgehead atoms. The van der Waals surface area contributed by atoms with Crippen molar-refractivity contribution in [1.82, 2.24) is 20.3 Å². The van der Waals surface area contributed by atoms with Gasteiger partial charge in [0.25, 0.3) is 0 Å². The average molecular weight is 257 g/mol. The quantitative estimate of drug-likeness (QED) is 0.448. The summed E-state index contributed by atoms with van der Waals surface area (Å²) in [7, 11) is 0. The van der Waals surface area contributed by atoms with Crippen LogP contribution in [0.5, 0.6) is 0 Å². The monoisotopic (exact) mass is 257 g/mol. The van der Waals surface area contributed by atoms with Gasteiger partial charge in [-0.1, -0.05) is 5.21 Å². The predicted octanol–water partition coefficient (Wildman–Crippen LogP) is -2.31. The summed E-state index contributed by atoms with van der Waals surface area (Å²) in [6.07, 6.45) is 0.291. The van der Waals surface area contributed by atoms with Gasteiger partial charge in [0.1, 0.15) is 6.54 Å². The van der Waals surface area contributed by atoms with E-state index in [4.69, 9.17) is 10.8 Å². The van der Waals surface area contributed by atoms with Crippen LogP contribution in [0.2, 0.25) is 0 Å². The highest BCUT2D eigenvalue weighted by Gasteiger charge is 2.24. The maximum Gasteiger partial charge on any atom is 0.328 e. The number of nitrogens with zero attached hydrogens (tertiary/aromatic N) is 3. The summed E-state index contributed by atoms with van der Waals surface area (Å²) in [4.78, 5) is 22.3. The molecule has 0 saturated heterocycles. The fourth-order valence-corrected chi connectivity index (χ4v) is 1.26. The van der Waals surface area contributed by atoms with Crippen LogP contribution < -0.4 is 11.1 Å². The highest BCUT2D eigenvalue weighted by Crippen LogP contribution is 1.95. The number of rotatable bonds is 6. The average Bonchev–Trinajstić information content (AvgIpc) is 2.72. The van der Waals surface area contributed by atoms with Crippen molar-refractivity contribution < 1.29 is 19.8 Å². The van der Waals surface area contributed by atoms with E-state index in [2.05, 4.69) is 15.6 Å². The smallest absolute Gasteiger partial charge is 0.328 e. The molecule has 0 fully saturated rings. The van der Waals surface area contributed by atoms with E-state index in [1.54, 1.807) is 0 Å². The number of carbonyl (C=O) groups excluding carboxylic acids is 1. The second-order valence-electron chi connectivity index (χ2n) is 3.74. The Morgan fingerprint density at radius 1 is 1.61 bits per heavy atom. The summed E-state index contributed by atoms with van der Waals surface area (Å²) in [5.41, 5.74) is 5.85. The van der Waals surface area contributed by atoms with E-state index in [-0.39, 0.29) is 13.1 Å². The van der Waals surface area contributed by atoms with Crippen LogP contribution in [0.25, 0.3) is 0 Å². The predicted molar refractivity (Wildman–Crippen MR) is 59.2 cm³/mol. The van der Waals surface area contributed by atoms with Crippen molar-refractivity contribution in [1.29, 1.82) is 0 Å². The van der Waals surface area contributed by atoms with Crippen molar-refractivity contribution in [3.63, 3.8) is 0 Å². The first-order chi connectivity index (χ1) is 8.43.